The molecule has 0 bridgehead atoms. The van der Waals surface area contributed by atoms with E-state index >= 15 is 0 Å². The lowest BCUT2D eigenvalue weighted by Crippen LogP contribution is -2.02. The normalized spacial score (nSPS) is 12.8. The van der Waals surface area contributed by atoms with Gasteiger partial charge in [-0.05, 0) is 31.0 Å². The van der Waals surface area contributed by atoms with Crippen molar-refractivity contribution in [1.29, 1.82) is 0 Å². The number of ether oxygens (including phenoxy) is 1. The van der Waals surface area contributed by atoms with Crippen LogP contribution in [0.15, 0.2) is 24.3 Å². The summed E-state index contributed by atoms with van der Waals surface area (Å²) in [5.74, 6) is 0. The summed E-state index contributed by atoms with van der Waals surface area (Å²) in [6.45, 7) is 2.74. The lowest BCUT2D eigenvalue weighted by Gasteiger charge is -2.12. The summed E-state index contributed by atoms with van der Waals surface area (Å²) in [7, 11) is 0. The van der Waals surface area contributed by atoms with Crippen molar-refractivity contribution in [2.24, 2.45) is 0 Å². The summed E-state index contributed by atoms with van der Waals surface area (Å²) in [5, 5.41) is 9.32. The van der Waals surface area contributed by atoms with Crippen LogP contribution in [0.5, 0.6) is 0 Å². The number of halogens is 1. The van der Waals surface area contributed by atoms with Crippen LogP contribution in [0, 0.1) is 0 Å². The molecule has 0 spiro atoms. The van der Waals surface area contributed by atoms with Crippen molar-refractivity contribution in [1.82, 2.24) is 0 Å². The third-order valence-electron chi connectivity index (χ3n) is 2.01. The molecule has 0 saturated carbocycles. The molecule has 0 aliphatic carbocycles. The Morgan fingerprint density at radius 2 is 2.00 bits per heavy atom. The largest absolute Gasteiger partial charge is 0.396 e. The fourth-order valence-electron chi connectivity index (χ4n) is 1.15. The van der Waals surface area contributed by atoms with Crippen LogP contribution in [0.1, 0.15) is 25.0 Å². The van der Waals surface area contributed by atoms with E-state index in [1.165, 1.54) is 0 Å². The Kier molecular flexibility index (Phi) is 4.94. The summed E-state index contributed by atoms with van der Waals surface area (Å²) in [6.07, 6.45) is 0.733. The van der Waals surface area contributed by atoms with Gasteiger partial charge < -0.3 is 9.84 Å². The van der Waals surface area contributed by atoms with Crippen molar-refractivity contribution in [3.8, 4) is 0 Å². The molecule has 1 rings (SSSR count). The van der Waals surface area contributed by atoms with Gasteiger partial charge in [-0.2, -0.15) is 0 Å². The summed E-state index contributed by atoms with van der Waals surface area (Å²) >= 11 is 5.77. The quantitative estimate of drug-likeness (QED) is 0.764. The Bertz CT molecular complexity index is 258. The van der Waals surface area contributed by atoms with Crippen LogP contribution in [0.4, 0.5) is 0 Å². The Hall–Kier alpha value is -0.570. The van der Waals surface area contributed by atoms with Crippen LogP contribution >= 0.6 is 11.6 Å². The maximum absolute atomic E-state index is 8.59. The van der Waals surface area contributed by atoms with Crippen LogP contribution in [-0.4, -0.2) is 18.3 Å². The number of aliphatic hydroxyl groups excluding tert-OH is 1. The third-order valence-corrected chi connectivity index (χ3v) is 2.26. The van der Waals surface area contributed by atoms with Crippen LogP contribution in [0.2, 0.25) is 5.02 Å². The standard InChI is InChI=1S/C11H15ClO2/c1-9(14-8-2-7-13)10-3-5-11(12)6-4-10/h3-6,9,13H,2,7-8H2,1H3. The van der Waals surface area contributed by atoms with Crippen molar-refractivity contribution in [2.75, 3.05) is 13.2 Å². The van der Waals surface area contributed by atoms with E-state index in [1.807, 2.05) is 31.2 Å². The molecule has 1 atom stereocenters. The number of hydrogen-bond acceptors (Lipinski definition) is 2. The zero-order chi connectivity index (χ0) is 10.4. The molecule has 0 aliphatic rings. The summed E-state index contributed by atoms with van der Waals surface area (Å²) < 4.78 is 5.51. The van der Waals surface area contributed by atoms with Crippen LogP contribution in [0.3, 0.4) is 0 Å². The van der Waals surface area contributed by atoms with Gasteiger partial charge in [-0.15, -0.1) is 0 Å². The number of rotatable bonds is 5. The Labute approximate surface area is 89.5 Å². The van der Waals surface area contributed by atoms with E-state index in [-0.39, 0.29) is 12.7 Å². The Morgan fingerprint density at radius 3 is 2.57 bits per heavy atom. The van der Waals surface area contributed by atoms with E-state index in [2.05, 4.69) is 0 Å². The summed E-state index contributed by atoms with van der Waals surface area (Å²) in [6, 6.07) is 7.60. The molecule has 0 amide bonds. The smallest absolute Gasteiger partial charge is 0.0796 e. The van der Waals surface area contributed by atoms with Crippen LogP contribution in [-0.2, 0) is 4.74 Å². The molecule has 0 fully saturated rings. The van der Waals surface area contributed by atoms with Crippen molar-refractivity contribution in [3.05, 3.63) is 34.9 Å². The molecule has 0 aliphatic heterocycles. The van der Waals surface area contributed by atoms with Crippen molar-refractivity contribution in [2.45, 2.75) is 19.4 Å². The molecule has 0 radical (unpaired) electrons. The fraction of sp³-hybridized carbons (Fsp3) is 0.455. The maximum atomic E-state index is 8.59. The molecule has 3 heteroatoms. The Morgan fingerprint density at radius 1 is 1.36 bits per heavy atom. The predicted molar refractivity (Wildman–Crippen MR) is 57.5 cm³/mol. The van der Waals surface area contributed by atoms with Gasteiger partial charge in [0, 0.05) is 18.2 Å². The van der Waals surface area contributed by atoms with E-state index in [0.29, 0.717) is 13.0 Å². The van der Waals surface area contributed by atoms with E-state index in [9.17, 15) is 0 Å². The minimum atomic E-state index is 0.0545. The minimum Gasteiger partial charge on any atom is -0.396 e. The van der Waals surface area contributed by atoms with Gasteiger partial charge in [-0.25, -0.2) is 0 Å². The first-order valence-electron chi connectivity index (χ1n) is 4.72. The minimum absolute atomic E-state index is 0.0545. The highest BCUT2D eigenvalue weighted by Crippen LogP contribution is 2.19. The van der Waals surface area contributed by atoms with Gasteiger partial charge in [0.2, 0.25) is 0 Å². The van der Waals surface area contributed by atoms with Crippen LogP contribution in [0.25, 0.3) is 0 Å². The number of aliphatic hydroxyl groups is 1. The monoisotopic (exact) mass is 214 g/mol. The third kappa shape index (κ3) is 3.66. The van der Waals surface area contributed by atoms with E-state index in [1.54, 1.807) is 0 Å². The van der Waals surface area contributed by atoms with Crippen LogP contribution < -0.4 is 0 Å². The molecule has 0 saturated heterocycles. The average molecular weight is 215 g/mol. The SMILES string of the molecule is CC(OCCCO)c1ccc(Cl)cc1. The van der Waals surface area contributed by atoms with Crippen molar-refractivity contribution >= 4 is 11.6 Å². The molecular weight excluding hydrogens is 200 g/mol. The second-order valence-electron chi connectivity index (χ2n) is 3.14. The highest BCUT2D eigenvalue weighted by atomic mass is 35.5. The van der Waals surface area contributed by atoms with E-state index in [4.69, 9.17) is 21.4 Å². The second-order valence-corrected chi connectivity index (χ2v) is 3.58. The fourth-order valence-corrected chi connectivity index (χ4v) is 1.28. The molecule has 1 unspecified atom stereocenters. The van der Waals surface area contributed by atoms with E-state index < -0.39 is 0 Å². The van der Waals surface area contributed by atoms with Gasteiger partial charge in [0.05, 0.1) is 6.10 Å². The molecule has 1 aromatic rings. The lowest BCUT2D eigenvalue weighted by molar-refractivity contribution is 0.0553. The van der Waals surface area contributed by atoms with Gasteiger partial charge in [-0.3, -0.25) is 0 Å². The first kappa shape index (κ1) is 11.5. The molecule has 14 heavy (non-hydrogen) atoms. The summed E-state index contributed by atoms with van der Waals surface area (Å²) in [4.78, 5) is 0. The van der Waals surface area contributed by atoms with Crippen molar-refractivity contribution in [3.63, 3.8) is 0 Å². The lowest BCUT2D eigenvalue weighted by atomic mass is 10.1. The second kappa shape index (κ2) is 6.02. The molecule has 1 N–H and O–H groups in total. The molecule has 1 aromatic carbocycles. The van der Waals surface area contributed by atoms with Gasteiger partial charge in [0.1, 0.15) is 0 Å². The molecule has 78 valence electrons. The highest BCUT2D eigenvalue weighted by molar-refractivity contribution is 6.30. The first-order chi connectivity index (χ1) is 6.74. The van der Waals surface area contributed by atoms with Gasteiger partial charge in [-0.1, -0.05) is 23.7 Å². The zero-order valence-corrected chi connectivity index (χ0v) is 9.00. The predicted octanol–water partition coefficient (Wildman–Crippen LogP) is 2.80. The number of hydrogen-bond donors (Lipinski definition) is 1. The van der Waals surface area contributed by atoms with Gasteiger partial charge in [0.25, 0.3) is 0 Å². The highest BCUT2D eigenvalue weighted by Gasteiger charge is 2.04. The van der Waals surface area contributed by atoms with E-state index in [0.717, 1.165) is 10.6 Å². The molecule has 0 heterocycles. The zero-order valence-electron chi connectivity index (χ0n) is 8.24. The topological polar surface area (TPSA) is 29.5 Å². The van der Waals surface area contributed by atoms with Gasteiger partial charge >= 0.3 is 0 Å². The summed E-state index contributed by atoms with van der Waals surface area (Å²) in [5.41, 5.74) is 1.10. The Balaban J connectivity index is 2.43. The van der Waals surface area contributed by atoms with Gasteiger partial charge in [0.15, 0.2) is 0 Å². The number of benzene rings is 1. The maximum Gasteiger partial charge on any atom is 0.0796 e. The molecule has 2 nitrogen and oxygen atoms in total. The first-order valence-corrected chi connectivity index (χ1v) is 5.09. The molecule has 0 aromatic heterocycles. The van der Waals surface area contributed by atoms with Crippen molar-refractivity contribution < 1.29 is 9.84 Å². The average Bonchev–Trinajstić information content (AvgIpc) is 2.19. The molecular formula is C11H15ClO2.